The summed E-state index contributed by atoms with van der Waals surface area (Å²) in [6.07, 6.45) is 11.2. The van der Waals surface area contributed by atoms with E-state index in [9.17, 15) is 0 Å². The first-order valence-corrected chi connectivity index (χ1v) is 7.71. The second-order valence-electron chi connectivity index (χ2n) is 6.09. The van der Waals surface area contributed by atoms with Crippen molar-refractivity contribution in [3.8, 4) is 0 Å². The maximum atomic E-state index is 3.83. The summed E-state index contributed by atoms with van der Waals surface area (Å²) in [6, 6.07) is 12.0. The topological polar surface area (TPSA) is 12.0 Å². The van der Waals surface area contributed by atoms with Crippen LogP contribution < -0.4 is 5.32 Å². The Balaban J connectivity index is 1.92. The number of hydrogen-bond acceptors (Lipinski definition) is 1. The maximum Gasteiger partial charge on any atom is 0.0164 e. The molecule has 0 radical (unpaired) electrons. The monoisotopic (exact) mass is 243 g/mol. The second-order valence-corrected chi connectivity index (χ2v) is 6.09. The van der Waals surface area contributed by atoms with E-state index in [0.717, 1.165) is 0 Å². The molecule has 2 aliphatic rings. The first-order valence-electron chi connectivity index (χ1n) is 7.71. The first-order chi connectivity index (χ1) is 8.92. The van der Waals surface area contributed by atoms with Crippen LogP contribution in [-0.4, -0.2) is 12.6 Å². The highest BCUT2D eigenvalue weighted by Gasteiger charge is 2.41. The van der Waals surface area contributed by atoms with Gasteiger partial charge in [-0.3, -0.25) is 0 Å². The van der Waals surface area contributed by atoms with Gasteiger partial charge in [0.15, 0.2) is 0 Å². The Bertz CT molecular complexity index is 358. The summed E-state index contributed by atoms with van der Waals surface area (Å²) in [4.78, 5) is 0. The average Bonchev–Trinajstić information content (AvgIpc) is 2.50. The highest BCUT2D eigenvalue weighted by Crippen LogP contribution is 2.44. The van der Waals surface area contributed by atoms with E-state index >= 15 is 0 Å². The lowest BCUT2D eigenvalue weighted by molar-refractivity contribution is 0.185. The zero-order valence-corrected chi connectivity index (χ0v) is 11.3. The van der Waals surface area contributed by atoms with E-state index in [-0.39, 0.29) is 0 Å². The normalized spacial score (nSPS) is 27.9. The molecule has 1 N–H and O–H groups in total. The molecule has 0 aromatic heterocycles. The minimum absolute atomic E-state index is 0.430. The van der Waals surface area contributed by atoms with Crippen LogP contribution >= 0.6 is 0 Å². The fourth-order valence-electron chi connectivity index (χ4n) is 4.11. The smallest absolute Gasteiger partial charge is 0.0164 e. The van der Waals surface area contributed by atoms with Crippen molar-refractivity contribution in [2.75, 3.05) is 6.54 Å². The van der Waals surface area contributed by atoms with Crippen molar-refractivity contribution >= 4 is 0 Å². The number of hydrogen-bond donors (Lipinski definition) is 1. The quantitative estimate of drug-likeness (QED) is 0.827. The molecule has 1 nitrogen and oxygen atoms in total. The average molecular weight is 243 g/mol. The molecule has 1 heterocycles. The lowest BCUT2D eigenvalue weighted by atomic mass is 9.63. The Morgan fingerprint density at radius 3 is 2.33 bits per heavy atom. The van der Waals surface area contributed by atoms with Crippen molar-refractivity contribution in [2.24, 2.45) is 0 Å². The SMILES string of the molecule is c1ccc(C2([C@@H]3CCCCN3)CCCCC2)cc1. The van der Waals surface area contributed by atoms with Gasteiger partial charge in [0.1, 0.15) is 0 Å². The van der Waals surface area contributed by atoms with Gasteiger partial charge in [0, 0.05) is 11.5 Å². The number of nitrogens with one attached hydrogen (secondary N) is 1. The summed E-state index contributed by atoms with van der Waals surface area (Å²) in [5.74, 6) is 0. The van der Waals surface area contributed by atoms with Crippen molar-refractivity contribution < 1.29 is 0 Å². The van der Waals surface area contributed by atoms with Crippen LogP contribution in [0.25, 0.3) is 0 Å². The van der Waals surface area contributed by atoms with Crippen LogP contribution in [0.15, 0.2) is 30.3 Å². The van der Waals surface area contributed by atoms with Crippen LogP contribution in [0, 0.1) is 0 Å². The maximum absolute atomic E-state index is 3.83. The van der Waals surface area contributed by atoms with Gasteiger partial charge in [-0.25, -0.2) is 0 Å². The summed E-state index contributed by atoms with van der Waals surface area (Å²) in [7, 11) is 0. The van der Waals surface area contributed by atoms with Crippen molar-refractivity contribution in [3.05, 3.63) is 35.9 Å². The van der Waals surface area contributed by atoms with Crippen LogP contribution in [0.5, 0.6) is 0 Å². The predicted molar refractivity (Wildman–Crippen MR) is 76.8 cm³/mol. The molecule has 3 rings (SSSR count). The van der Waals surface area contributed by atoms with Gasteiger partial charge < -0.3 is 5.32 Å². The zero-order valence-electron chi connectivity index (χ0n) is 11.3. The molecule has 0 bridgehead atoms. The fraction of sp³-hybridized carbons (Fsp3) is 0.647. The van der Waals surface area contributed by atoms with Crippen molar-refractivity contribution in [1.29, 1.82) is 0 Å². The lowest BCUT2D eigenvalue weighted by Crippen LogP contribution is -2.51. The Morgan fingerprint density at radius 1 is 0.889 bits per heavy atom. The van der Waals surface area contributed by atoms with E-state index in [1.54, 1.807) is 5.56 Å². The molecule has 1 heteroatoms. The molecule has 1 aromatic carbocycles. The molecule has 0 spiro atoms. The van der Waals surface area contributed by atoms with Gasteiger partial charge >= 0.3 is 0 Å². The van der Waals surface area contributed by atoms with Crippen LogP contribution in [0.4, 0.5) is 0 Å². The van der Waals surface area contributed by atoms with E-state index in [4.69, 9.17) is 0 Å². The van der Waals surface area contributed by atoms with Gasteiger partial charge in [-0.2, -0.15) is 0 Å². The summed E-state index contributed by atoms with van der Waals surface area (Å²) >= 11 is 0. The molecule has 2 fully saturated rings. The molecule has 0 amide bonds. The summed E-state index contributed by atoms with van der Waals surface area (Å²) in [5.41, 5.74) is 2.02. The molecule has 1 aliphatic heterocycles. The van der Waals surface area contributed by atoms with E-state index in [1.807, 2.05) is 0 Å². The lowest BCUT2D eigenvalue weighted by Gasteiger charge is -2.46. The second kappa shape index (κ2) is 5.44. The Labute approximate surface area is 111 Å². The van der Waals surface area contributed by atoms with Gasteiger partial charge in [-0.1, -0.05) is 56.0 Å². The Kier molecular flexibility index (Phi) is 3.69. The van der Waals surface area contributed by atoms with Crippen molar-refractivity contribution in [1.82, 2.24) is 5.32 Å². The van der Waals surface area contributed by atoms with E-state index in [2.05, 4.69) is 35.6 Å². The molecule has 1 aliphatic carbocycles. The highest BCUT2D eigenvalue weighted by atomic mass is 14.9. The molecular weight excluding hydrogens is 218 g/mol. The molecule has 0 unspecified atom stereocenters. The fourth-order valence-corrected chi connectivity index (χ4v) is 4.11. The number of piperidine rings is 1. The van der Waals surface area contributed by atoms with Crippen LogP contribution in [0.3, 0.4) is 0 Å². The van der Waals surface area contributed by atoms with Crippen LogP contribution in [0.2, 0.25) is 0 Å². The Hall–Kier alpha value is -0.820. The van der Waals surface area contributed by atoms with Gasteiger partial charge in [0.05, 0.1) is 0 Å². The molecule has 98 valence electrons. The van der Waals surface area contributed by atoms with Crippen LogP contribution in [0.1, 0.15) is 56.9 Å². The number of rotatable bonds is 2. The predicted octanol–water partition coefficient (Wildman–Crippen LogP) is 4.03. The molecular formula is C17H25N. The van der Waals surface area contributed by atoms with E-state index in [1.165, 1.54) is 57.9 Å². The minimum Gasteiger partial charge on any atom is -0.313 e. The van der Waals surface area contributed by atoms with Gasteiger partial charge in [-0.05, 0) is 37.8 Å². The van der Waals surface area contributed by atoms with E-state index < -0.39 is 0 Å². The van der Waals surface area contributed by atoms with Gasteiger partial charge in [-0.15, -0.1) is 0 Å². The van der Waals surface area contributed by atoms with E-state index in [0.29, 0.717) is 11.5 Å². The van der Waals surface area contributed by atoms with Crippen molar-refractivity contribution in [3.63, 3.8) is 0 Å². The number of benzene rings is 1. The standard InChI is InChI=1S/C17H25N/c1-3-9-15(10-4-1)17(12-6-2-7-13-17)16-11-5-8-14-18-16/h1,3-4,9-10,16,18H,2,5-8,11-14H2/t16-/m0/s1. The third-order valence-corrected chi connectivity index (χ3v) is 5.07. The summed E-state index contributed by atoms with van der Waals surface area (Å²) in [5, 5.41) is 3.83. The molecule has 1 saturated heterocycles. The highest BCUT2D eigenvalue weighted by molar-refractivity contribution is 5.28. The zero-order chi connectivity index (χ0) is 12.3. The largest absolute Gasteiger partial charge is 0.313 e. The van der Waals surface area contributed by atoms with Gasteiger partial charge in [0.2, 0.25) is 0 Å². The molecule has 1 aromatic rings. The molecule has 1 atom stereocenters. The van der Waals surface area contributed by atoms with Crippen molar-refractivity contribution in [2.45, 2.75) is 62.8 Å². The first kappa shape index (κ1) is 12.2. The molecule has 18 heavy (non-hydrogen) atoms. The van der Waals surface area contributed by atoms with Crippen LogP contribution in [-0.2, 0) is 5.41 Å². The third kappa shape index (κ3) is 2.21. The minimum atomic E-state index is 0.430. The summed E-state index contributed by atoms with van der Waals surface area (Å²) in [6.45, 7) is 1.22. The Morgan fingerprint density at radius 2 is 1.67 bits per heavy atom. The van der Waals surface area contributed by atoms with Gasteiger partial charge in [0.25, 0.3) is 0 Å². The summed E-state index contributed by atoms with van der Waals surface area (Å²) < 4.78 is 0. The third-order valence-electron chi connectivity index (χ3n) is 5.07. The molecule has 1 saturated carbocycles.